The Morgan fingerprint density at radius 2 is 2.07 bits per heavy atom. The number of hydrogen-bond acceptors (Lipinski definition) is 1. The quantitative estimate of drug-likeness (QED) is 0.745. The monoisotopic (exact) mass is 204 g/mol. The van der Waals surface area contributed by atoms with Crippen molar-refractivity contribution in [1.82, 2.24) is 0 Å². The molecule has 1 unspecified atom stereocenters. The molecule has 1 atom stereocenters. The van der Waals surface area contributed by atoms with E-state index in [1.54, 1.807) is 6.08 Å². The molecule has 0 aliphatic carbocycles. The first kappa shape index (κ1) is 12.0. The van der Waals surface area contributed by atoms with Crippen LogP contribution >= 0.6 is 0 Å². The number of aliphatic hydroxyl groups is 1. The van der Waals surface area contributed by atoms with Crippen LogP contribution in [0.25, 0.3) is 0 Å². The van der Waals surface area contributed by atoms with Crippen molar-refractivity contribution in [3.8, 4) is 0 Å². The van der Waals surface area contributed by atoms with Gasteiger partial charge in [0, 0.05) is 0 Å². The maximum absolute atomic E-state index is 9.80. The van der Waals surface area contributed by atoms with Gasteiger partial charge >= 0.3 is 0 Å². The molecule has 15 heavy (non-hydrogen) atoms. The molecule has 0 saturated carbocycles. The molecule has 1 N–H and O–H groups in total. The van der Waals surface area contributed by atoms with Gasteiger partial charge in [0.15, 0.2) is 0 Å². The van der Waals surface area contributed by atoms with Crippen LogP contribution < -0.4 is 0 Å². The number of aryl methyl sites for hydroxylation is 1. The molecule has 1 aromatic carbocycles. The summed E-state index contributed by atoms with van der Waals surface area (Å²) in [4.78, 5) is 0. The van der Waals surface area contributed by atoms with Crippen molar-refractivity contribution in [1.29, 1.82) is 0 Å². The third kappa shape index (κ3) is 3.21. The summed E-state index contributed by atoms with van der Waals surface area (Å²) in [5, 5.41) is 9.80. The highest BCUT2D eigenvalue weighted by Crippen LogP contribution is 2.22. The van der Waals surface area contributed by atoms with E-state index in [0.29, 0.717) is 5.92 Å². The Kier molecular flexibility index (Phi) is 4.10. The summed E-state index contributed by atoms with van der Waals surface area (Å²) >= 11 is 0. The van der Waals surface area contributed by atoms with Gasteiger partial charge in [0.1, 0.15) is 0 Å². The molecule has 1 aromatic rings. The van der Waals surface area contributed by atoms with Crippen molar-refractivity contribution in [3.63, 3.8) is 0 Å². The van der Waals surface area contributed by atoms with Crippen molar-refractivity contribution in [2.75, 3.05) is 0 Å². The number of rotatable bonds is 4. The van der Waals surface area contributed by atoms with Gasteiger partial charge < -0.3 is 5.11 Å². The summed E-state index contributed by atoms with van der Waals surface area (Å²) in [6.45, 7) is 10.1. The zero-order valence-corrected chi connectivity index (χ0v) is 9.83. The van der Waals surface area contributed by atoms with Gasteiger partial charge in [-0.3, -0.25) is 0 Å². The molecule has 0 heterocycles. The second kappa shape index (κ2) is 5.13. The van der Waals surface area contributed by atoms with Gasteiger partial charge in [-0.15, -0.1) is 6.58 Å². The van der Waals surface area contributed by atoms with E-state index in [2.05, 4.69) is 33.4 Å². The van der Waals surface area contributed by atoms with Crippen LogP contribution in [0.15, 0.2) is 30.9 Å². The molecule has 0 spiro atoms. The van der Waals surface area contributed by atoms with Crippen LogP contribution in [-0.2, 0) is 6.42 Å². The first-order valence-corrected chi connectivity index (χ1v) is 5.44. The van der Waals surface area contributed by atoms with E-state index < -0.39 is 6.10 Å². The lowest BCUT2D eigenvalue weighted by Crippen LogP contribution is -2.03. The van der Waals surface area contributed by atoms with Gasteiger partial charge in [0.05, 0.1) is 6.10 Å². The van der Waals surface area contributed by atoms with Crippen molar-refractivity contribution in [2.24, 2.45) is 5.92 Å². The Morgan fingerprint density at radius 3 is 2.60 bits per heavy atom. The Balaban J connectivity index is 3.08. The lowest BCUT2D eigenvalue weighted by atomic mass is 9.93. The predicted molar refractivity (Wildman–Crippen MR) is 64.9 cm³/mol. The van der Waals surface area contributed by atoms with E-state index in [-0.39, 0.29) is 0 Å². The van der Waals surface area contributed by atoms with E-state index in [9.17, 15) is 5.11 Å². The lowest BCUT2D eigenvalue weighted by Gasteiger charge is -2.15. The first-order chi connectivity index (χ1) is 7.04. The largest absolute Gasteiger partial charge is 0.384 e. The van der Waals surface area contributed by atoms with Crippen molar-refractivity contribution in [3.05, 3.63) is 47.5 Å². The normalized spacial score (nSPS) is 12.9. The molecule has 1 heteroatoms. The van der Waals surface area contributed by atoms with Gasteiger partial charge in [0.25, 0.3) is 0 Å². The lowest BCUT2D eigenvalue weighted by molar-refractivity contribution is 0.227. The zero-order valence-electron chi connectivity index (χ0n) is 9.83. The van der Waals surface area contributed by atoms with E-state index in [1.165, 1.54) is 11.1 Å². The summed E-state index contributed by atoms with van der Waals surface area (Å²) in [5.74, 6) is 0.600. The van der Waals surface area contributed by atoms with Crippen LogP contribution in [0.2, 0.25) is 0 Å². The molecule has 0 bridgehead atoms. The van der Waals surface area contributed by atoms with Crippen LogP contribution in [0.3, 0.4) is 0 Å². The molecule has 0 amide bonds. The highest BCUT2D eigenvalue weighted by atomic mass is 16.3. The van der Waals surface area contributed by atoms with E-state index in [1.807, 2.05) is 12.1 Å². The highest BCUT2D eigenvalue weighted by molar-refractivity contribution is 5.34. The Morgan fingerprint density at radius 1 is 1.40 bits per heavy atom. The molecule has 0 aliphatic rings. The minimum absolute atomic E-state index is 0.542. The van der Waals surface area contributed by atoms with E-state index in [4.69, 9.17) is 0 Å². The van der Waals surface area contributed by atoms with Gasteiger partial charge in [-0.25, -0.2) is 0 Å². The number of benzene rings is 1. The summed E-state index contributed by atoms with van der Waals surface area (Å²) in [6.07, 6.45) is 2.04. The maximum atomic E-state index is 9.80. The number of aliphatic hydroxyl groups excluding tert-OH is 1. The number of hydrogen-bond donors (Lipinski definition) is 1. The molecule has 0 saturated heterocycles. The van der Waals surface area contributed by atoms with Crippen LogP contribution in [0.4, 0.5) is 0 Å². The molecule has 1 nitrogen and oxygen atoms in total. The predicted octanol–water partition coefficient (Wildman–Crippen LogP) is 3.41. The topological polar surface area (TPSA) is 20.2 Å². The fraction of sp³-hybridized carbons (Fsp3) is 0.429. The second-order valence-electron chi connectivity index (χ2n) is 4.48. The Bertz CT molecular complexity index is 339. The Hall–Kier alpha value is -1.08. The third-order valence-corrected chi connectivity index (χ3v) is 2.47. The minimum Gasteiger partial charge on any atom is -0.384 e. The minimum atomic E-state index is -0.542. The van der Waals surface area contributed by atoms with Crippen LogP contribution in [0.1, 0.15) is 36.6 Å². The maximum Gasteiger partial charge on any atom is 0.0971 e. The van der Waals surface area contributed by atoms with Crippen molar-refractivity contribution < 1.29 is 5.11 Å². The first-order valence-electron chi connectivity index (χ1n) is 5.44. The van der Waals surface area contributed by atoms with E-state index in [0.717, 1.165) is 12.0 Å². The summed E-state index contributed by atoms with van der Waals surface area (Å²) in [6, 6.07) is 6.19. The average Bonchev–Trinajstić information content (AvgIpc) is 2.16. The summed E-state index contributed by atoms with van der Waals surface area (Å²) in [5.41, 5.74) is 3.47. The van der Waals surface area contributed by atoms with Gasteiger partial charge in [-0.1, -0.05) is 43.7 Å². The molecule has 1 rings (SSSR count). The average molecular weight is 204 g/mol. The molecule has 0 radical (unpaired) electrons. The smallest absolute Gasteiger partial charge is 0.0971 e. The molecular weight excluding hydrogens is 184 g/mol. The molecule has 0 fully saturated rings. The van der Waals surface area contributed by atoms with Gasteiger partial charge in [0.2, 0.25) is 0 Å². The third-order valence-electron chi connectivity index (χ3n) is 2.47. The molecule has 82 valence electrons. The van der Waals surface area contributed by atoms with E-state index >= 15 is 0 Å². The van der Waals surface area contributed by atoms with Gasteiger partial charge in [-0.05, 0) is 30.4 Å². The SMILES string of the molecule is C=CC(O)c1ccc(C)cc1CC(C)C. The Labute approximate surface area is 92.5 Å². The van der Waals surface area contributed by atoms with Crippen LogP contribution in [0.5, 0.6) is 0 Å². The fourth-order valence-corrected chi connectivity index (χ4v) is 1.77. The van der Waals surface area contributed by atoms with Crippen molar-refractivity contribution in [2.45, 2.75) is 33.3 Å². The summed E-state index contributed by atoms with van der Waals surface area (Å²) in [7, 11) is 0. The van der Waals surface area contributed by atoms with Crippen LogP contribution in [0, 0.1) is 12.8 Å². The summed E-state index contributed by atoms with van der Waals surface area (Å²) < 4.78 is 0. The highest BCUT2D eigenvalue weighted by Gasteiger charge is 2.10. The zero-order chi connectivity index (χ0) is 11.4. The molecular formula is C14H20O. The standard InChI is InChI=1S/C14H20O/c1-5-14(15)13-7-6-11(4)9-12(13)8-10(2)3/h5-7,9-10,14-15H,1,8H2,2-4H3. The van der Waals surface area contributed by atoms with Crippen LogP contribution in [-0.4, -0.2) is 5.11 Å². The second-order valence-corrected chi connectivity index (χ2v) is 4.48. The van der Waals surface area contributed by atoms with Crippen molar-refractivity contribution >= 4 is 0 Å². The molecule has 0 aliphatic heterocycles. The fourth-order valence-electron chi connectivity index (χ4n) is 1.77. The van der Waals surface area contributed by atoms with Gasteiger partial charge in [-0.2, -0.15) is 0 Å². The molecule has 0 aromatic heterocycles.